The summed E-state index contributed by atoms with van der Waals surface area (Å²) in [5, 5.41) is 12.2. The quantitative estimate of drug-likeness (QED) is 0.525. The highest BCUT2D eigenvalue weighted by atomic mass is 16.3. The van der Waals surface area contributed by atoms with Crippen molar-refractivity contribution in [3.63, 3.8) is 0 Å². The second kappa shape index (κ2) is 1.90. The maximum Gasteiger partial charge on any atom is 0.116 e. The number of rotatable bonds is 0. The van der Waals surface area contributed by atoms with Gasteiger partial charge in [0.1, 0.15) is 5.75 Å². The van der Waals surface area contributed by atoms with E-state index < -0.39 is 0 Å². The Morgan fingerprint density at radius 3 is 3.20 bits per heavy atom. The monoisotopic (exact) mass is 134 g/mol. The van der Waals surface area contributed by atoms with Crippen LogP contribution in [0.5, 0.6) is 5.75 Å². The van der Waals surface area contributed by atoms with E-state index in [2.05, 4.69) is 11.7 Å². The average Bonchev–Trinajstić information content (AvgIpc) is 2.33. The van der Waals surface area contributed by atoms with Crippen LogP contribution in [-0.2, 0) is 0 Å². The van der Waals surface area contributed by atoms with E-state index in [1.807, 2.05) is 6.07 Å². The van der Waals surface area contributed by atoms with Crippen molar-refractivity contribution in [2.75, 3.05) is 11.9 Å². The van der Waals surface area contributed by atoms with Gasteiger partial charge in [0.05, 0.1) is 0 Å². The van der Waals surface area contributed by atoms with Crippen molar-refractivity contribution in [1.29, 1.82) is 0 Å². The summed E-state index contributed by atoms with van der Waals surface area (Å²) in [5.74, 6) is 0.332. The van der Waals surface area contributed by atoms with E-state index in [1.54, 1.807) is 12.1 Å². The molecule has 10 heavy (non-hydrogen) atoms. The predicted octanol–water partition coefficient (Wildman–Crippen LogP) is 1.37. The summed E-state index contributed by atoms with van der Waals surface area (Å²) in [7, 11) is 0. The molecule has 1 aromatic rings. The van der Waals surface area contributed by atoms with Crippen LogP contribution < -0.4 is 5.32 Å². The zero-order chi connectivity index (χ0) is 6.97. The lowest BCUT2D eigenvalue weighted by molar-refractivity contribution is 0.475. The third-order valence-corrected chi connectivity index (χ3v) is 1.65. The third kappa shape index (κ3) is 0.727. The molecule has 0 fully saturated rings. The lowest BCUT2D eigenvalue weighted by atomic mass is 10.1. The molecule has 0 unspecified atom stereocenters. The van der Waals surface area contributed by atoms with Gasteiger partial charge in [0.2, 0.25) is 0 Å². The number of nitrogens with one attached hydrogen (secondary N) is 1. The minimum absolute atomic E-state index is 0.332. The van der Waals surface area contributed by atoms with Crippen molar-refractivity contribution < 1.29 is 5.11 Å². The lowest BCUT2D eigenvalue weighted by Crippen LogP contribution is -1.89. The standard InChI is InChI=1S/C8H8NO/c10-7-1-2-8-6(5-7)3-4-9-8/h1-3,5,9-10H,4H2. The molecule has 2 nitrogen and oxygen atoms in total. The van der Waals surface area contributed by atoms with Gasteiger partial charge in [-0.15, -0.1) is 0 Å². The Morgan fingerprint density at radius 2 is 2.30 bits per heavy atom. The normalized spacial score (nSPS) is 14.4. The third-order valence-electron chi connectivity index (χ3n) is 1.65. The van der Waals surface area contributed by atoms with E-state index in [4.69, 9.17) is 5.11 Å². The Kier molecular flexibility index (Phi) is 1.07. The Hall–Kier alpha value is -1.18. The fraction of sp³-hybridized carbons (Fsp3) is 0.125. The number of phenolic OH excluding ortho intramolecular Hbond substituents is 1. The van der Waals surface area contributed by atoms with Crippen LogP contribution in [0.25, 0.3) is 0 Å². The zero-order valence-electron chi connectivity index (χ0n) is 5.46. The number of hydrogen-bond acceptors (Lipinski definition) is 2. The molecule has 1 radical (unpaired) electrons. The number of hydrogen-bond donors (Lipinski definition) is 2. The number of anilines is 1. The van der Waals surface area contributed by atoms with Gasteiger partial charge in [-0.1, -0.05) is 0 Å². The van der Waals surface area contributed by atoms with Crippen LogP contribution in [0.15, 0.2) is 18.2 Å². The molecule has 51 valence electrons. The van der Waals surface area contributed by atoms with Crippen molar-refractivity contribution in [2.24, 2.45) is 0 Å². The van der Waals surface area contributed by atoms with Gasteiger partial charge >= 0.3 is 0 Å². The van der Waals surface area contributed by atoms with E-state index in [-0.39, 0.29) is 0 Å². The van der Waals surface area contributed by atoms with Gasteiger partial charge in [0, 0.05) is 18.7 Å². The summed E-state index contributed by atoms with van der Waals surface area (Å²) in [6.45, 7) is 0.874. The summed E-state index contributed by atoms with van der Waals surface area (Å²) in [5.41, 5.74) is 2.21. The molecule has 0 saturated carbocycles. The van der Waals surface area contributed by atoms with Crippen molar-refractivity contribution in [2.45, 2.75) is 0 Å². The summed E-state index contributed by atoms with van der Waals surface area (Å²) < 4.78 is 0. The molecule has 0 bridgehead atoms. The Bertz CT molecular complexity index is 257. The summed E-state index contributed by atoms with van der Waals surface area (Å²) in [4.78, 5) is 0. The second-order valence-electron chi connectivity index (χ2n) is 2.36. The average molecular weight is 134 g/mol. The van der Waals surface area contributed by atoms with Crippen molar-refractivity contribution in [1.82, 2.24) is 0 Å². The molecule has 0 aromatic heterocycles. The highest BCUT2D eigenvalue weighted by Gasteiger charge is 2.08. The molecule has 1 aromatic carbocycles. The highest BCUT2D eigenvalue weighted by molar-refractivity contribution is 5.61. The highest BCUT2D eigenvalue weighted by Crippen LogP contribution is 2.26. The molecule has 0 aliphatic carbocycles. The maximum absolute atomic E-state index is 9.05. The van der Waals surface area contributed by atoms with Gasteiger partial charge in [-0.05, 0) is 23.8 Å². The number of aromatic hydroxyl groups is 1. The summed E-state index contributed by atoms with van der Waals surface area (Å²) >= 11 is 0. The van der Waals surface area contributed by atoms with E-state index >= 15 is 0 Å². The summed E-state index contributed by atoms with van der Waals surface area (Å²) in [6.07, 6.45) is 2.05. The van der Waals surface area contributed by atoms with E-state index in [0.717, 1.165) is 17.8 Å². The van der Waals surface area contributed by atoms with Gasteiger partial charge in [-0.3, -0.25) is 0 Å². The van der Waals surface area contributed by atoms with Crippen LogP contribution in [0, 0.1) is 6.42 Å². The predicted molar refractivity (Wildman–Crippen MR) is 40.0 cm³/mol. The molecule has 0 spiro atoms. The maximum atomic E-state index is 9.05. The molecule has 0 atom stereocenters. The molecule has 0 amide bonds. The minimum Gasteiger partial charge on any atom is -0.508 e. The fourth-order valence-corrected chi connectivity index (χ4v) is 1.15. The first-order valence-corrected chi connectivity index (χ1v) is 3.26. The number of benzene rings is 1. The number of phenols is 1. The molecule has 1 aliphatic heterocycles. The van der Waals surface area contributed by atoms with Crippen LogP contribution in [0.1, 0.15) is 5.56 Å². The Morgan fingerprint density at radius 1 is 1.40 bits per heavy atom. The molecule has 1 heterocycles. The molecular weight excluding hydrogens is 126 g/mol. The first-order valence-electron chi connectivity index (χ1n) is 3.26. The fourth-order valence-electron chi connectivity index (χ4n) is 1.15. The van der Waals surface area contributed by atoms with Crippen molar-refractivity contribution >= 4 is 5.69 Å². The van der Waals surface area contributed by atoms with Crippen LogP contribution in [0.4, 0.5) is 5.69 Å². The first kappa shape index (κ1) is 5.59. The topological polar surface area (TPSA) is 32.3 Å². The van der Waals surface area contributed by atoms with Crippen molar-refractivity contribution in [3.05, 3.63) is 30.2 Å². The lowest BCUT2D eigenvalue weighted by Gasteiger charge is -1.97. The minimum atomic E-state index is 0.332. The van der Waals surface area contributed by atoms with Crippen LogP contribution >= 0.6 is 0 Å². The largest absolute Gasteiger partial charge is 0.508 e. The zero-order valence-corrected chi connectivity index (χ0v) is 5.46. The molecule has 0 saturated heterocycles. The first-order chi connectivity index (χ1) is 4.86. The Labute approximate surface area is 59.5 Å². The van der Waals surface area contributed by atoms with Gasteiger partial charge in [-0.25, -0.2) is 0 Å². The molecular formula is C8H8NO. The van der Waals surface area contributed by atoms with E-state index in [1.165, 1.54) is 0 Å². The van der Waals surface area contributed by atoms with Crippen molar-refractivity contribution in [3.8, 4) is 5.75 Å². The van der Waals surface area contributed by atoms with Crippen LogP contribution in [0.2, 0.25) is 0 Å². The number of fused-ring (bicyclic) bond motifs is 1. The molecule has 2 N–H and O–H groups in total. The molecule has 1 aliphatic rings. The van der Waals surface area contributed by atoms with E-state index in [0.29, 0.717) is 5.75 Å². The van der Waals surface area contributed by atoms with Gasteiger partial charge < -0.3 is 10.4 Å². The smallest absolute Gasteiger partial charge is 0.116 e. The second-order valence-corrected chi connectivity index (χ2v) is 2.36. The summed E-state index contributed by atoms with van der Waals surface area (Å²) in [6, 6.07) is 5.33. The molecule has 2 heteroatoms. The molecule has 2 rings (SSSR count). The van der Waals surface area contributed by atoms with Gasteiger partial charge in [-0.2, -0.15) is 0 Å². The SMILES string of the molecule is Oc1ccc2c(c1)[CH]CN2. The van der Waals surface area contributed by atoms with Gasteiger partial charge in [0.25, 0.3) is 0 Å². The van der Waals surface area contributed by atoms with E-state index in [9.17, 15) is 0 Å². The van der Waals surface area contributed by atoms with Crippen LogP contribution in [-0.4, -0.2) is 11.7 Å². The Balaban J connectivity index is 2.52. The van der Waals surface area contributed by atoms with Gasteiger partial charge in [0.15, 0.2) is 0 Å². The van der Waals surface area contributed by atoms with Crippen LogP contribution in [0.3, 0.4) is 0 Å².